The molecule has 0 radical (unpaired) electrons. The zero-order chi connectivity index (χ0) is 85.7. The van der Waals surface area contributed by atoms with Crippen LogP contribution in [-0.2, 0) is 105 Å². The molecule has 50 heteroatoms. The third-order valence-electron chi connectivity index (χ3n) is 19.1. The van der Waals surface area contributed by atoms with Gasteiger partial charge in [0, 0.05) is 140 Å². The Morgan fingerprint density at radius 1 is 0.839 bits per heavy atom. The minimum absolute atomic E-state index is 0. The van der Waals surface area contributed by atoms with Gasteiger partial charge in [0.25, 0.3) is 27.5 Å². The molecule has 6 amide bonds. The number of hydrogen-bond acceptors (Lipinski definition) is 36. The summed E-state index contributed by atoms with van der Waals surface area (Å²) in [6.07, 6.45) is 17.0. The maximum atomic E-state index is 13.6. The number of nitrogen functional groups attached to an aromatic ring is 1. The number of unbranched alkanes of at least 4 members (excludes halogenated alkanes) is 4. The first-order chi connectivity index (χ1) is 54.6. The smallest absolute Gasteiger partial charge is 0.790 e. The van der Waals surface area contributed by atoms with E-state index in [1.807, 2.05) is 51.1 Å². The molecule has 6 heterocycles. The summed E-state index contributed by atoms with van der Waals surface area (Å²) in [5.41, 5.74) is 12.6. The van der Waals surface area contributed by atoms with E-state index in [0.717, 1.165) is 34.4 Å². The molecule has 2 aromatic rings. The van der Waals surface area contributed by atoms with Crippen LogP contribution in [0.3, 0.4) is 0 Å². The van der Waals surface area contributed by atoms with Gasteiger partial charge in [-0.2, -0.15) is 19.0 Å². The minimum atomic E-state index is -6.16. The fraction of sp³-hybridized carbons (Fsp3) is 0.603. The maximum Gasteiger partial charge on any atom is 1.00 e. The SMILES string of the molecule is CC1=NN(CCCS(=O)(=O)[O-])/C2=C/C=C/C=C/C3=[N+](CCCCCC(=O)NC(C(=O)NCCCCCC(=O)ON4C(=O)CCC4=O)CCCCNC(=O)CCC12C)c1ccc(SOO[O-])cc1C3(C)CCCS(=O)(=O)[O-].NCCCCCC(=O)NC/C=C/c1cn([C@H]2C[C@@H](O)[C@@H](COP(=O)([O-])OP(=O)([O-])OP(=O)([O-])[O-])O2)c(=O)nc1N.[Na+].[Na+]. The molecule has 2 fully saturated rings. The number of hydrazone groups is 1. The molecule has 1 aromatic heterocycles. The van der Waals surface area contributed by atoms with Gasteiger partial charge in [-0.25, -0.2) is 30.7 Å². The monoisotopic (exact) mass is 1800 g/mol. The average molecular weight is 1800 g/mol. The van der Waals surface area contributed by atoms with Crippen molar-refractivity contribution in [3.63, 3.8) is 0 Å². The summed E-state index contributed by atoms with van der Waals surface area (Å²) in [5, 5.41) is 42.8. The van der Waals surface area contributed by atoms with Crippen LogP contribution < -0.4 is 122 Å². The topological polar surface area (TPSA) is 642 Å². The van der Waals surface area contributed by atoms with E-state index in [4.69, 9.17) is 26.1 Å². The number of anilines is 1. The van der Waals surface area contributed by atoms with Gasteiger partial charge in [-0.05, 0) is 129 Å². The number of fused-ring (bicyclic) bond motifs is 3. The molecule has 0 bridgehead atoms. The van der Waals surface area contributed by atoms with E-state index in [1.165, 1.54) is 12.3 Å². The molecule has 9 N–H and O–H groups in total. The number of benzene rings is 1. The molecule has 0 spiro atoms. The van der Waals surface area contributed by atoms with Crippen LogP contribution in [0.15, 0.2) is 81.3 Å². The molecule has 5 aliphatic rings. The van der Waals surface area contributed by atoms with Gasteiger partial charge in [0.05, 0.1) is 58.2 Å². The number of phosphoric acid groups is 3. The van der Waals surface area contributed by atoms with Gasteiger partial charge < -0.3 is 90.4 Å². The second kappa shape index (κ2) is 50.0. The number of aliphatic hydroxyl groups excluding tert-OH is 1. The molecule has 648 valence electrons. The molecule has 5 aliphatic heterocycles. The Morgan fingerprint density at radius 2 is 1.53 bits per heavy atom. The van der Waals surface area contributed by atoms with Gasteiger partial charge in [-0.3, -0.25) is 56.8 Å². The van der Waals surface area contributed by atoms with Crippen LogP contribution >= 0.6 is 35.5 Å². The zero-order valence-corrected chi connectivity index (χ0v) is 75.1. The van der Waals surface area contributed by atoms with E-state index in [0.29, 0.717) is 124 Å². The number of amides is 6. The summed E-state index contributed by atoms with van der Waals surface area (Å²) in [6, 6.07) is 4.53. The number of allylic oxidation sites excluding steroid dienone is 6. The first-order valence-corrected chi connectivity index (χ1v) is 45.5. The van der Waals surface area contributed by atoms with Gasteiger partial charge in [-0.1, -0.05) is 43.2 Å². The molecule has 1 aromatic carbocycles. The van der Waals surface area contributed by atoms with Crippen molar-refractivity contribution in [1.82, 2.24) is 40.9 Å². The number of hydroxylamine groups is 2. The number of hydrogen-bond donors (Lipinski definition) is 7. The molecule has 5 unspecified atom stereocenters. The molecule has 0 aliphatic carbocycles. The first kappa shape index (κ1) is 105. The van der Waals surface area contributed by atoms with Crippen molar-refractivity contribution in [2.45, 2.75) is 203 Å². The van der Waals surface area contributed by atoms with Crippen molar-refractivity contribution in [3.8, 4) is 0 Å². The second-order valence-corrected chi connectivity index (χ2v) is 36.0. The van der Waals surface area contributed by atoms with Crippen molar-refractivity contribution in [2.75, 3.05) is 63.1 Å². The summed E-state index contributed by atoms with van der Waals surface area (Å²) in [7, 11) is -27.2. The Balaban J connectivity index is 0.000000588. The van der Waals surface area contributed by atoms with Crippen molar-refractivity contribution in [1.29, 1.82) is 0 Å². The van der Waals surface area contributed by atoms with E-state index < -0.39 is 127 Å². The molecular weight excluding hydrogens is 1700 g/mol. The van der Waals surface area contributed by atoms with Crippen LogP contribution in [0.1, 0.15) is 186 Å². The van der Waals surface area contributed by atoms with Gasteiger partial charge in [0.1, 0.15) is 30.7 Å². The number of nitrogens with zero attached hydrogens (tertiary/aromatic N) is 6. The van der Waals surface area contributed by atoms with E-state index in [1.54, 1.807) is 29.3 Å². The Kier molecular flexibility index (Phi) is 44.5. The van der Waals surface area contributed by atoms with Crippen molar-refractivity contribution in [3.05, 3.63) is 88.2 Å². The van der Waals surface area contributed by atoms with Crippen LogP contribution in [0.25, 0.3) is 6.08 Å². The number of aliphatic hydroxyl groups is 1. The maximum absolute atomic E-state index is 13.6. The molecular formula is C68H97N12Na2O30P3S3-4. The number of carbonyl (C=O) groups excluding carboxylic acids is 7. The van der Waals surface area contributed by atoms with E-state index in [9.17, 15) is 108 Å². The number of rotatable bonds is 35. The number of nitrogens with two attached hydrogens (primary N) is 2. The third-order valence-corrected chi connectivity index (χ3v) is 24.9. The molecule has 2 saturated heterocycles. The summed E-state index contributed by atoms with van der Waals surface area (Å²) >= 11 is 0.698. The van der Waals surface area contributed by atoms with E-state index in [2.05, 4.69) is 53.3 Å². The zero-order valence-electron chi connectivity index (χ0n) is 66.0. The third kappa shape index (κ3) is 35.6. The molecule has 42 nitrogen and oxygen atoms in total. The Morgan fingerprint density at radius 3 is 2.22 bits per heavy atom. The van der Waals surface area contributed by atoms with Crippen molar-refractivity contribution < 1.29 is 199 Å². The van der Waals surface area contributed by atoms with E-state index in [-0.39, 0.29) is 172 Å². The number of ether oxygens (including phenoxy) is 1. The molecule has 118 heavy (non-hydrogen) atoms. The second-order valence-electron chi connectivity index (χ2n) is 27.9. The van der Waals surface area contributed by atoms with Crippen LogP contribution in [-0.4, -0.2) is 184 Å². The van der Waals surface area contributed by atoms with Crippen molar-refractivity contribution >= 4 is 126 Å². The quantitative estimate of drug-likeness (QED) is 0.00390. The molecule has 0 saturated carbocycles. The van der Waals surface area contributed by atoms with Gasteiger partial charge >= 0.3 is 70.8 Å². The Hall–Kier alpha value is -5.17. The van der Waals surface area contributed by atoms with Crippen LogP contribution in [0.2, 0.25) is 0 Å². The summed E-state index contributed by atoms with van der Waals surface area (Å²) in [6.45, 7) is 6.52. The fourth-order valence-corrected chi connectivity index (χ4v) is 17.3. The van der Waals surface area contributed by atoms with Crippen LogP contribution in [0.5, 0.6) is 0 Å². The first-order valence-electron chi connectivity index (χ1n) is 37.2. The fourth-order valence-electron chi connectivity index (χ4n) is 13.1. The van der Waals surface area contributed by atoms with Gasteiger partial charge in [0.15, 0.2) is 5.71 Å². The molecule has 7 rings (SSSR count). The number of phosphoric ester groups is 1. The predicted molar refractivity (Wildman–Crippen MR) is 402 cm³/mol. The normalized spacial score (nSPS) is 23.3. The van der Waals surface area contributed by atoms with Crippen LogP contribution in [0, 0.1) is 5.41 Å². The minimum Gasteiger partial charge on any atom is -0.790 e. The number of nitrogens with one attached hydrogen (secondary N) is 4. The summed E-state index contributed by atoms with van der Waals surface area (Å²) in [5.74, 6) is -4.26. The average Bonchev–Trinajstić information content (AvgIpc) is 1.58. The van der Waals surface area contributed by atoms with E-state index >= 15 is 0 Å². The summed E-state index contributed by atoms with van der Waals surface area (Å²) in [4.78, 5) is 153. The van der Waals surface area contributed by atoms with Gasteiger partial charge in [-0.15, -0.1) is 5.06 Å². The largest absolute Gasteiger partial charge is 1.00 e. The standard InChI is InChI=1S/C50H71N7O16S3.C18H32N5O14P3.2Na/c1-36-49(2)28-26-43(58)51-29-13-11-17-39(48(63)52-30-12-5-10-21-47(62)71-57-45(60)24-25-46(57)61)53-44(59)20-9-6-14-31-55-40-23-22-37(74-73-72-64)35-38(40)50(3,27-15-33-75(65,66)67)41(55)18-7-4-8-19-42(49)56(54-36)32-16-34-76(68,69)70;19-7-3-1-2-6-15(25)21-8-4-5-12-10-23(18(26)22-17(12)20)16-9-13(24)14(35-16)11-34-39(30,31)37-40(32,33)36-38(27,28)29;;/h4,7-8,18-19,22-23,35,39H,5-6,9-17,20-21,24-34H2,1-3H3,(H5-,51,52,53,58,59,63,64,65,66,67,68,69,70);4-5,10,13-14,16,24H,1-3,6-9,11,19H2,(H,21,25)(H,30,31)(H,32,33)(H2,20,22,26)(H2,27,28,29);;/q;;2*+1/p-6/b;5-4+;;/t;13-,14-,16-;;/m.1../s1. The Bertz CT molecular complexity index is 4450. The predicted octanol–water partition coefficient (Wildman–Crippen LogP) is -5.42. The number of carbonyl (C=O) groups is 7. The van der Waals surface area contributed by atoms with Crippen LogP contribution in [0.4, 0.5) is 11.5 Å². The number of imide groups is 1. The summed E-state index contributed by atoms with van der Waals surface area (Å²) < 4.78 is 127. The molecule has 8 atom stereocenters. The Labute approximate surface area is 731 Å². The number of aromatic nitrogens is 2. The van der Waals surface area contributed by atoms with Gasteiger partial charge in [0.2, 0.25) is 29.3 Å². The van der Waals surface area contributed by atoms with Crippen molar-refractivity contribution in [2.24, 2.45) is 16.3 Å².